The molecule has 0 atom stereocenters. The van der Waals surface area contributed by atoms with Crippen LogP contribution >= 0.6 is 0 Å². The molecule has 1 aliphatic rings. The molecule has 104 valence electrons. The number of hydrogen-bond donors (Lipinski definition) is 1. The van der Waals surface area contributed by atoms with E-state index in [1.807, 2.05) is 0 Å². The molecule has 0 fully saturated rings. The zero-order valence-corrected chi connectivity index (χ0v) is 12.0. The quantitative estimate of drug-likeness (QED) is 0.840. The van der Waals surface area contributed by atoms with E-state index in [1.165, 1.54) is 22.3 Å². The largest absolute Gasteiger partial charge is 0.493 e. The second kappa shape index (κ2) is 6.10. The molecule has 0 saturated carbocycles. The van der Waals surface area contributed by atoms with Gasteiger partial charge in [0, 0.05) is 13.0 Å². The molecule has 0 aliphatic carbocycles. The smallest absolute Gasteiger partial charge is 0.122 e. The molecule has 0 spiro atoms. The number of ether oxygens (including phenoxy) is 1. The van der Waals surface area contributed by atoms with E-state index in [4.69, 9.17) is 4.74 Å². The first-order chi connectivity index (χ1) is 9.83. The Morgan fingerprint density at radius 2 is 2.05 bits per heavy atom. The third kappa shape index (κ3) is 3.02. The molecule has 20 heavy (non-hydrogen) atoms. The van der Waals surface area contributed by atoms with Crippen LogP contribution in [0.5, 0.6) is 5.75 Å². The van der Waals surface area contributed by atoms with Crippen molar-refractivity contribution in [3.63, 3.8) is 0 Å². The average Bonchev–Trinajstić information content (AvgIpc) is 2.93. The Labute approximate surface area is 120 Å². The Bertz CT molecular complexity index is 592. The maximum atomic E-state index is 5.53. The minimum absolute atomic E-state index is 0.833. The number of nitrogens with one attached hydrogen (secondary N) is 1. The van der Waals surface area contributed by atoms with Gasteiger partial charge in [-0.05, 0) is 48.2 Å². The number of aryl methyl sites for hydroxylation is 1. The SMILES string of the molecule is Cc1ccccc1CCNCc1ccc2c(c1)CCO2. The average molecular weight is 267 g/mol. The van der Waals surface area contributed by atoms with Crippen molar-refractivity contribution in [2.45, 2.75) is 26.3 Å². The van der Waals surface area contributed by atoms with Gasteiger partial charge in [-0.2, -0.15) is 0 Å². The lowest BCUT2D eigenvalue weighted by Crippen LogP contribution is -2.17. The van der Waals surface area contributed by atoms with Gasteiger partial charge in [0.25, 0.3) is 0 Å². The van der Waals surface area contributed by atoms with Crippen LogP contribution in [0.15, 0.2) is 42.5 Å². The molecular weight excluding hydrogens is 246 g/mol. The summed E-state index contributed by atoms with van der Waals surface area (Å²) in [5.74, 6) is 1.06. The van der Waals surface area contributed by atoms with Gasteiger partial charge in [-0.3, -0.25) is 0 Å². The van der Waals surface area contributed by atoms with Gasteiger partial charge in [0.05, 0.1) is 6.61 Å². The molecule has 2 aromatic carbocycles. The van der Waals surface area contributed by atoms with Crippen molar-refractivity contribution >= 4 is 0 Å². The normalized spacial score (nSPS) is 13.1. The summed E-state index contributed by atoms with van der Waals surface area (Å²) in [6.07, 6.45) is 2.13. The molecule has 2 aromatic rings. The van der Waals surface area contributed by atoms with Gasteiger partial charge < -0.3 is 10.1 Å². The van der Waals surface area contributed by atoms with E-state index in [2.05, 4.69) is 54.7 Å². The summed E-state index contributed by atoms with van der Waals surface area (Å²) in [5, 5.41) is 3.53. The molecule has 0 unspecified atom stereocenters. The van der Waals surface area contributed by atoms with Crippen LogP contribution in [0.1, 0.15) is 22.3 Å². The number of benzene rings is 2. The summed E-state index contributed by atoms with van der Waals surface area (Å²) >= 11 is 0. The molecule has 3 rings (SSSR count). The molecule has 2 heteroatoms. The van der Waals surface area contributed by atoms with Gasteiger partial charge in [0.1, 0.15) is 5.75 Å². The van der Waals surface area contributed by atoms with Crippen molar-refractivity contribution in [3.8, 4) is 5.75 Å². The Hall–Kier alpha value is -1.80. The Balaban J connectivity index is 1.49. The van der Waals surface area contributed by atoms with E-state index >= 15 is 0 Å². The highest BCUT2D eigenvalue weighted by atomic mass is 16.5. The summed E-state index contributed by atoms with van der Waals surface area (Å²) in [7, 11) is 0. The van der Waals surface area contributed by atoms with Crippen molar-refractivity contribution in [3.05, 3.63) is 64.7 Å². The fourth-order valence-corrected chi connectivity index (χ4v) is 2.70. The Kier molecular flexibility index (Phi) is 4.03. The highest BCUT2D eigenvalue weighted by molar-refractivity contribution is 5.39. The van der Waals surface area contributed by atoms with Gasteiger partial charge in [-0.1, -0.05) is 36.4 Å². The van der Waals surface area contributed by atoms with Crippen LogP contribution in [0.4, 0.5) is 0 Å². The van der Waals surface area contributed by atoms with Crippen LogP contribution in [0.25, 0.3) is 0 Å². The zero-order chi connectivity index (χ0) is 13.8. The first kappa shape index (κ1) is 13.2. The van der Waals surface area contributed by atoms with Crippen LogP contribution in [0.3, 0.4) is 0 Å². The van der Waals surface area contributed by atoms with Gasteiger partial charge in [-0.15, -0.1) is 0 Å². The summed E-state index contributed by atoms with van der Waals surface area (Å²) in [5.41, 5.74) is 5.51. The molecule has 0 aromatic heterocycles. The van der Waals surface area contributed by atoms with Gasteiger partial charge in [-0.25, -0.2) is 0 Å². The van der Waals surface area contributed by atoms with E-state index in [0.29, 0.717) is 0 Å². The first-order valence-corrected chi connectivity index (χ1v) is 7.33. The lowest BCUT2D eigenvalue weighted by molar-refractivity contribution is 0.357. The van der Waals surface area contributed by atoms with Crippen molar-refractivity contribution in [1.82, 2.24) is 5.32 Å². The number of rotatable bonds is 5. The van der Waals surface area contributed by atoms with Crippen LogP contribution in [0.2, 0.25) is 0 Å². The maximum absolute atomic E-state index is 5.53. The van der Waals surface area contributed by atoms with Gasteiger partial charge in [0.2, 0.25) is 0 Å². The van der Waals surface area contributed by atoms with Gasteiger partial charge >= 0.3 is 0 Å². The van der Waals surface area contributed by atoms with Crippen LogP contribution in [0, 0.1) is 6.92 Å². The maximum Gasteiger partial charge on any atom is 0.122 e. The van der Waals surface area contributed by atoms with E-state index in [1.54, 1.807) is 0 Å². The van der Waals surface area contributed by atoms with Crippen LogP contribution in [-0.2, 0) is 19.4 Å². The molecular formula is C18H21NO. The Morgan fingerprint density at radius 3 is 2.95 bits per heavy atom. The minimum Gasteiger partial charge on any atom is -0.493 e. The van der Waals surface area contributed by atoms with E-state index < -0.39 is 0 Å². The molecule has 1 heterocycles. The topological polar surface area (TPSA) is 21.3 Å². The van der Waals surface area contributed by atoms with E-state index in [-0.39, 0.29) is 0 Å². The second-order valence-electron chi connectivity index (χ2n) is 5.39. The van der Waals surface area contributed by atoms with Crippen LogP contribution in [-0.4, -0.2) is 13.2 Å². The van der Waals surface area contributed by atoms with Gasteiger partial charge in [0.15, 0.2) is 0 Å². The summed E-state index contributed by atoms with van der Waals surface area (Å²) in [4.78, 5) is 0. The summed E-state index contributed by atoms with van der Waals surface area (Å²) in [6.45, 7) is 4.95. The molecule has 2 nitrogen and oxygen atoms in total. The summed E-state index contributed by atoms with van der Waals surface area (Å²) in [6, 6.07) is 15.1. The van der Waals surface area contributed by atoms with E-state index in [9.17, 15) is 0 Å². The first-order valence-electron chi connectivity index (χ1n) is 7.33. The van der Waals surface area contributed by atoms with E-state index in [0.717, 1.165) is 38.3 Å². The monoisotopic (exact) mass is 267 g/mol. The van der Waals surface area contributed by atoms with Crippen molar-refractivity contribution in [1.29, 1.82) is 0 Å². The van der Waals surface area contributed by atoms with Crippen molar-refractivity contribution in [2.24, 2.45) is 0 Å². The molecule has 0 radical (unpaired) electrons. The molecule has 1 N–H and O–H groups in total. The second-order valence-corrected chi connectivity index (χ2v) is 5.39. The van der Waals surface area contributed by atoms with Crippen molar-refractivity contribution in [2.75, 3.05) is 13.2 Å². The standard InChI is InChI=1S/C18H21NO/c1-14-4-2-3-5-16(14)8-10-19-13-15-6-7-18-17(12-15)9-11-20-18/h2-7,12,19H,8-11,13H2,1H3. The minimum atomic E-state index is 0.833. The third-order valence-corrected chi connectivity index (χ3v) is 3.92. The molecule has 0 saturated heterocycles. The predicted molar refractivity (Wildman–Crippen MR) is 82.2 cm³/mol. The summed E-state index contributed by atoms with van der Waals surface area (Å²) < 4.78 is 5.53. The zero-order valence-electron chi connectivity index (χ0n) is 12.0. The predicted octanol–water partition coefficient (Wildman–Crippen LogP) is 3.26. The van der Waals surface area contributed by atoms with Crippen molar-refractivity contribution < 1.29 is 4.74 Å². The molecule has 0 amide bonds. The fraction of sp³-hybridized carbons (Fsp3) is 0.333. The lowest BCUT2D eigenvalue weighted by Gasteiger charge is -2.08. The molecule has 0 bridgehead atoms. The van der Waals surface area contributed by atoms with Crippen LogP contribution < -0.4 is 10.1 Å². The third-order valence-electron chi connectivity index (χ3n) is 3.92. The number of fused-ring (bicyclic) bond motifs is 1. The number of hydrogen-bond acceptors (Lipinski definition) is 2. The highest BCUT2D eigenvalue weighted by Gasteiger charge is 2.11. The lowest BCUT2D eigenvalue weighted by atomic mass is 10.1. The Morgan fingerprint density at radius 1 is 1.15 bits per heavy atom. The fourth-order valence-electron chi connectivity index (χ4n) is 2.70. The highest BCUT2D eigenvalue weighted by Crippen LogP contribution is 2.25. The molecule has 1 aliphatic heterocycles.